The Balaban J connectivity index is 1.21. The number of benzene rings is 2. The van der Waals surface area contributed by atoms with E-state index in [0.717, 1.165) is 53.2 Å². The Morgan fingerprint density at radius 3 is 2.78 bits per heavy atom. The zero-order valence-electron chi connectivity index (χ0n) is 17.8. The molecule has 1 N–H and O–H groups in total. The first-order chi connectivity index (χ1) is 15.7. The van der Waals surface area contributed by atoms with Crippen LogP contribution in [0.25, 0.3) is 33.2 Å². The van der Waals surface area contributed by atoms with E-state index < -0.39 is 0 Å². The molecule has 4 heterocycles. The van der Waals surface area contributed by atoms with Crippen molar-refractivity contribution < 1.29 is 0 Å². The summed E-state index contributed by atoms with van der Waals surface area (Å²) in [6.07, 6.45) is 10.3. The van der Waals surface area contributed by atoms with Gasteiger partial charge in [0.05, 0.1) is 41.0 Å². The first-order valence-electron chi connectivity index (χ1n) is 10.8. The largest absolute Gasteiger partial charge is 0.380 e. The molecule has 0 bridgehead atoms. The highest BCUT2D eigenvalue weighted by atomic mass is 15.2. The fraction of sp³-hybridized carbons (Fsp3) is 0.200. The number of aryl methyl sites for hydroxylation is 1. The van der Waals surface area contributed by atoms with Crippen LogP contribution in [-0.4, -0.2) is 43.6 Å². The maximum Gasteiger partial charge on any atom is 0.115 e. The standard InChI is InChI=1S/C25H23N7/c1-31-8-6-17-2-3-18(10-25(17)31)24-14-28-23-11-19(4-5-22(23)30-24)29-20-7-9-32(15-20)21-12-26-16-27-13-21/h2-6,8,10-14,16,20,29H,7,9,15H2,1H3/t20-/m0/s1. The molecule has 158 valence electrons. The smallest absolute Gasteiger partial charge is 0.115 e. The van der Waals surface area contributed by atoms with Gasteiger partial charge in [-0.1, -0.05) is 12.1 Å². The number of hydrogen-bond donors (Lipinski definition) is 1. The van der Waals surface area contributed by atoms with Crippen LogP contribution in [0.2, 0.25) is 0 Å². The number of rotatable bonds is 4. The van der Waals surface area contributed by atoms with Gasteiger partial charge in [0.15, 0.2) is 0 Å². The molecule has 1 atom stereocenters. The van der Waals surface area contributed by atoms with E-state index in [1.165, 1.54) is 10.9 Å². The third-order valence-corrected chi connectivity index (χ3v) is 6.20. The molecular formula is C25H23N7. The van der Waals surface area contributed by atoms with Gasteiger partial charge in [0.2, 0.25) is 0 Å². The number of anilines is 2. The zero-order valence-corrected chi connectivity index (χ0v) is 17.8. The number of aromatic nitrogens is 5. The summed E-state index contributed by atoms with van der Waals surface area (Å²) in [5, 5.41) is 4.88. The average Bonchev–Trinajstić information content (AvgIpc) is 3.46. The molecule has 0 spiro atoms. The van der Waals surface area contributed by atoms with E-state index in [1.54, 1.807) is 6.33 Å². The van der Waals surface area contributed by atoms with E-state index in [2.05, 4.69) is 74.4 Å². The Kier molecular flexibility index (Phi) is 4.45. The summed E-state index contributed by atoms with van der Waals surface area (Å²) in [5.74, 6) is 0. The zero-order chi connectivity index (χ0) is 21.5. The van der Waals surface area contributed by atoms with Gasteiger partial charge in [-0.25, -0.2) is 15.0 Å². The van der Waals surface area contributed by atoms with E-state index in [1.807, 2.05) is 24.7 Å². The molecule has 3 aromatic heterocycles. The van der Waals surface area contributed by atoms with Crippen molar-refractivity contribution in [3.05, 3.63) is 73.6 Å². The first-order valence-corrected chi connectivity index (χ1v) is 10.8. The van der Waals surface area contributed by atoms with E-state index in [0.29, 0.717) is 6.04 Å². The molecule has 0 saturated carbocycles. The highest BCUT2D eigenvalue weighted by molar-refractivity contribution is 5.86. The number of nitrogens with zero attached hydrogens (tertiary/aromatic N) is 6. The van der Waals surface area contributed by atoms with Gasteiger partial charge in [0.25, 0.3) is 0 Å². The molecule has 7 nitrogen and oxygen atoms in total. The van der Waals surface area contributed by atoms with Crippen molar-refractivity contribution in [1.82, 2.24) is 24.5 Å². The molecule has 0 amide bonds. The SMILES string of the molecule is Cn1ccc2ccc(-c3cnc4cc(N[C@H]5CCN(c6cncnc6)C5)ccc4n3)cc21. The van der Waals surface area contributed by atoms with Crippen LogP contribution in [0.1, 0.15) is 6.42 Å². The van der Waals surface area contributed by atoms with Crippen LogP contribution in [0.3, 0.4) is 0 Å². The molecule has 6 rings (SSSR count). The molecule has 1 saturated heterocycles. The van der Waals surface area contributed by atoms with Crippen LogP contribution < -0.4 is 10.2 Å². The van der Waals surface area contributed by atoms with Crippen molar-refractivity contribution in [3.63, 3.8) is 0 Å². The second kappa shape index (κ2) is 7.60. The van der Waals surface area contributed by atoms with Gasteiger partial charge >= 0.3 is 0 Å². The highest BCUT2D eigenvalue weighted by Gasteiger charge is 2.23. The van der Waals surface area contributed by atoms with E-state index in [4.69, 9.17) is 9.97 Å². The predicted molar refractivity (Wildman–Crippen MR) is 128 cm³/mol. The average molecular weight is 422 g/mol. The molecule has 1 fully saturated rings. The Labute approximate surface area is 185 Å². The molecule has 2 aromatic carbocycles. The van der Waals surface area contributed by atoms with Gasteiger partial charge in [-0.2, -0.15) is 0 Å². The minimum atomic E-state index is 0.372. The van der Waals surface area contributed by atoms with Crippen molar-refractivity contribution in [1.29, 1.82) is 0 Å². The third kappa shape index (κ3) is 3.41. The Bertz CT molecular complexity index is 1410. The van der Waals surface area contributed by atoms with E-state index >= 15 is 0 Å². The number of nitrogens with one attached hydrogen (secondary N) is 1. The summed E-state index contributed by atoms with van der Waals surface area (Å²) in [5.41, 5.74) is 7.09. The van der Waals surface area contributed by atoms with Gasteiger partial charge in [-0.3, -0.25) is 4.98 Å². The molecule has 1 aliphatic rings. The minimum Gasteiger partial charge on any atom is -0.380 e. The fourth-order valence-electron chi connectivity index (χ4n) is 4.46. The van der Waals surface area contributed by atoms with Crippen LogP contribution in [0, 0.1) is 0 Å². The quantitative estimate of drug-likeness (QED) is 0.467. The van der Waals surface area contributed by atoms with Crippen LogP contribution in [0.4, 0.5) is 11.4 Å². The lowest BCUT2D eigenvalue weighted by molar-refractivity contribution is 0.807. The second-order valence-electron chi connectivity index (χ2n) is 8.33. The molecular weight excluding hydrogens is 398 g/mol. The molecule has 5 aromatic rings. The van der Waals surface area contributed by atoms with Crippen molar-refractivity contribution in [3.8, 4) is 11.3 Å². The Morgan fingerprint density at radius 1 is 0.969 bits per heavy atom. The first kappa shape index (κ1) is 18.7. The normalized spacial score (nSPS) is 16.2. The van der Waals surface area contributed by atoms with Gasteiger partial charge in [-0.15, -0.1) is 0 Å². The van der Waals surface area contributed by atoms with Crippen LogP contribution >= 0.6 is 0 Å². The van der Waals surface area contributed by atoms with Crippen molar-refractivity contribution >= 4 is 33.3 Å². The molecule has 0 aliphatic carbocycles. The van der Waals surface area contributed by atoms with Crippen LogP contribution in [-0.2, 0) is 7.05 Å². The van der Waals surface area contributed by atoms with Crippen LogP contribution in [0.15, 0.2) is 73.6 Å². The minimum absolute atomic E-state index is 0.372. The molecule has 0 unspecified atom stereocenters. The lowest BCUT2D eigenvalue weighted by Crippen LogP contribution is -2.26. The van der Waals surface area contributed by atoms with Crippen molar-refractivity contribution in [2.45, 2.75) is 12.5 Å². The predicted octanol–water partition coefficient (Wildman–Crippen LogP) is 4.27. The Hall–Kier alpha value is -4.00. The summed E-state index contributed by atoms with van der Waals surface area (Å²) in [7, 11) is 2.06. The van der Waals surface area contributed by atoms with E-state index in [-0.39, 0.29) is 0 Å². The van der Waals surface area contributed by atoms with Gasteiger partial charge in [0, 0.05) is 49.1 Å². The molecule has 32 heavy (non-hydrogen) atoms. The Morgan fingerprint density at radius 2 is 1.88 bits per heavy atom. The summed E-state index contributed by atoms with van der Waals surface area (Å²) < 4.78 is 2.13. The molecule has 7 heteroatoms. The summed E-state index contributed by atoms with van der Waals surface area (Å²) in [4.78, 5) is 20.1. The monoisotopic (exact) mass is 421 g/mol. The molecule has 1 aliphatic heterocycles. The maximum atomic E-state index is 4.87. The second-order valence-corrected chi connectivity index (χ2v) is 8.33. The lowest BCUT2D eigenvalue weighted by atomic mass is 10.1. The highest BCUT2D eigenvalue weighted by Crippen LogP contribution is 2.26. The number of fused-ring (bicyclic) bond motifs is 2. The van der Waals surface area contributed by atoms with Crippen molar-refractivity contribution in [2.24, 2.45) is 7.05 Å². The summed E-state index contributed by atoms with van der Waals surface area (Å²) in [6.45, 7) is 1.92. The fourth-order valence-corrected chi connectivity index (χ4v) is 4.46. The van der Waals surface area contributed by atoms with E-state index in [9.17, 15) is 0 Å². The molecule has 0 radical (unpaired) electrons. The van der Waals surface area contributed by atoms with Crippen molar-refractivity contribution in [2.75, 3.05) is 23.3 Å². The van der Waals surface area contributed by atoms with Gasteiger partial charge < -0.3 is 14.8 Å². The number of hydrogen-bond acceptors (Lipinski definition) is 6. The third-order valence-electron chi connectivity index (χ3n) is 6.20. The van der Waals surface area contributed by atoms with Gasteiger partial charge in [0.1, 0.15) is 6.33 Å². The maximum absolute atomic E-state index is 4.87. The summed E-state index contributed by atoms with van der Waals surface area (Å²) in [6, 6.07) is 15.1. The lowest BCUT2D eigenvalue weighted by Gasteiger charge is -2.18. The van der Waals surface area contributed by atoms with Gasteiger partial charge in [-0.05, 0) is 42.1 Å². The van der Waals surface area contributed by atoms with Crippen LogP contribution in [0.5, 0.6) is 0 Å². The topological polar surface area (TPSA) is 71.8 Å². The summed E-state index contributed by atoms with van der Waals surface area (Å²) >= 11 is 0.